The molecule has 0 amide bonds. The SMILES string of the molecule is Cc1cc(N2CCN(C[C@H](C)O)C[C@H]2C)ncc1[N+](=O)[O-]. The second-order valence-corrected chi connectivity index (χ2v) is 5.74. The van der Waals surface area contributed by atoms with E-state index >= 15 is 0 Å². The molecule has 0 aromatic carbocycles. The maximum Gasteiger partial charge on any atom is 0.290 e. The van der Waals surface area contributed by atoms with Gasteiger partial charge in [0.25, 0.3) is 5.69 Å². The maximum atomic E-state index is 10.8. The molecule has 0 bridgehead atoms. The molecule has 1 aliphatic heterocycles. The van der Waals surface area contributed by atoms with Crippen LogP contribution in [0.5, 0.6) is 0 Å². The van der Waals surface area contributed by atoms with Gasteiger partial charge in [0, 0.05) is 37.8 Å². The van der Waals surface area contributed by atoms with Gasteiger partial charge in [-0.15, -0.1) is 0 Å². The number of aliphatic hydroxyl groups is 1. The van der Waals surface area contributed by atoms with E-state index in [0.717, 1.165) is 25.5 Å². The zero-order valence-electron chi connectivity index (χ0n) is 12.7. The summed E-state index contributed by atoms with van der Waals surface area (Å²) in [6.45, 7) is 8.81. The zero-order valence-corrected chi connectivity index (χ0v) is 12.7. The van der Waals surface area contributed by atoms with E-state index in [-0.39, 0.29) is 17.8 Å². The molecule has 1 fully saturated rings. The zero-order chi connectivity index (χ0) is 15.6. The number of piperazine rings is 1. The van der Waals surface area contributed by atoms with E-state index in [0.29, 0.717) is 12.1 Å². The number of nitro groups is 1. The highest BCUT2D eigenvalue weighted by Crippen LogP contribution is 2.24. The molecule has 7 heteroatoms. The van der Waals surface area contributed by atoms with Crippen molar-refractivity contribution in [1.29, 1.82) is 0 Å². The molecule has 0 unspecified atom stereocenters. The lowest BCUT2D eigenvalue weighted by atomic mass is 10.1. The standard InChI is InChI=1S/C14H22N4O3/c1-10-6-14(15-7-13(10)18(20)21)17-5-4-16(8-11(17)2)9-12(3)19/h6-7,11-12,19H,4-5,8-9H2,1-3H3/t11-,12+/m1/s1. The summed E-state index contributed by atoms with van der Waals surface area (Å²) < 4.78 is 0. The molecule has 0 spiro atoms. The summed E-state index contributed by atoms with van der Waals surface area (Å²) in [5.74, 6) is 0.780. The monoisotopic (exact) mass is 294 g/mol. The lowest BCUT2D eigenvalue weighted by Crippen LogP contribution is -2.53. The molecule has 2 heterocycles. The fourth-order valence-electron chi connectivity index (χ4n) is 2.80. The molecular weight excluding hydrogens is 272 g/mol. The summed E-state index contributed by atoms with van der Waals surface area (Å²) in [6.07, 6.45) is 1.00. The summed E-state index contributed by atoms with van der Waals surface area (Å²) in [5, 5.41) is 20.3. The van der Waals surface area contributed by atoms with Crippen LogP contribution in [-0.4, -0.2) is 58.2 Å². The van der Waals surface area contributed by atoms with Crippen molar-refractivity contribution >= 4 is 11.5 Å². The van der Waals surface area contributed by atoms with Gasteiger partial charge in [0.2, 0.25) is 0 Å². The Hall–Kier alpha value is -1.73. The lowest BCUT2D eigenvalue weighted by Gasteiger charge is -2.41. The maximum absolute atomic E-state index is 10.8. The van der Waals surface area contributed by atoms with Gasteiger partial charge >= 0.3 is 0 Å². The summed E-state index contributed by atoms with van der Waals surface area (Å²) >= 11 is 0. The number of rotatable bonds is 4. The Labute approximate surface area is 124 Å². The highest BCUT2D eigenvalue weighted by Gasteiger charge is 2.26. The highest BCUT2D eigenvalue weighted by molar-refractivity contribution is 5.49. The van der Waals surface area contributed by atoms with Crippen LogP contribution in [-0.2, 0) is 0 Å². The van der Waals surface area contributed by atoms with Crippen molar-refractivity contribution in [1.82, 2.24) is 9.88 Å². The van der Waals surface area contributed by atoms with Crippen LogP contribution >= 0.6 is 0 Å². The third kappa shape index (κ3) is 3.68. The molecule has 1 N–H and O–H groups in total. The van der Waals surface area contributed by atoms with Crippen LogP contribution in [0.2, 0.25) is 0 Å². The van der Waals surface area contributed by atoms with Crippen LogP contribution in [0.1, 0.15) is 19.4 Å². The van der Waals surface area contributed by atoms with Gasteiger partial charge in [-0.3, -0.25) is 15.0 Å². The summed E-state index contributed by atoms with van der Waals surface area (Å²) in [6, 6.07) is 2.03. The van der Waals surface area contributed by atoms with Crippen LogP contribution in [0.15, 0.2) is 12.3 Å². The van der Waals surface area contributed by atoms with Gasteiger partial charge in [0.05, 0.1) is 11.0 Å². The molecule has 0 radical (unpaired) electrons. The fourth-order valence-corrected chi connectivity index (χ4v) is 2.80. The van der Waals surface area contributed by atoms with Crippen LogP contribution in [0, 0.1) is 17.0 Å². The van der Waals surface area contributed by atoms with Gasteiger partial charge in [-0.05, 0) is 26.8 Å². The number of nitrogens with zero attached hydrogens (tertiary/aromatic N) is 4. The number of aliphatic hydroxyl groups excluding tert-OH is 1. The van der Waals surface area contributed by atoms with Gasteiger partial charge < -0.3 is 10.0 Å². The van der Waals surface area contributed by atoms with Gasteiger partial charge in [0.15, 0.2) is 0 Å². The van der Waals surface area contributed by atoms with E-state index in [2.05, 4.69) is 21.7 Å². The Kier molecular flexibility index (Phi) is 4.74. The first-order valence-corrected chi connectivity index (χ1v) is 7.16. The number of aryl methyl sites for hydroxylation is 1. The number of pyridine rings is 1. The smallest absolute Gasteiger partial charge is 0.290 e. The topological polar surface area (TPSA) is 82.7 Å². The van der Waals surface area contributed by atoms with Gasteiger partial charge in [-0.2, -0.15) is 0 Å². The minimum Gasteiger partial charge on any atom is -0.392 e. The van der Waals surface area contributed by atoms with E-state index in [1.54, 1.807) is 19.9 Å². The second-order valence-electron chi connectivity index (χ2n) is 5.74. The molecule has 1 saturated heterocycles. The van der Waals surface area contributed by atoms with Crippen molar-refractivity contribution in [2.75, 3.05) is 31.1 Å². The first-order chi connectivity index (χ1) is 9.88. The molecule has 1 aliphatic rings. The van der Waals surface area contributed by atoms with E-state index in [1.807, 2.05) is 0 Å². The molecule has 21 heavy (non-hydrogen) atoms. The van der Waals surface area contributed by atoms with Gasteiger partial charge in [-0.25, -0.2) is 4.98 Å². The van der Waals surface area contributed by atoms with Crippen LogP contribution < -0.4 is 4.90 Å². The fraction of sp³-hybridized carbons (Fsp3) is 0.643. The molecular formula is C14H22N4O3. The van der Waals surface area contributed by atoms with Crippen molar-refractivity contribution in [3.05, 3.63) is 27.9 Å². The number of hydrogen-bond acceptors (Lipinski definition) is 6. The largest absolute Gasteiger partial charge is 0.392 e. The average molecular weight is 294 g/mol. The van der Waals surface area contributed by atoms with Gasteiger partial charge in [0.1, 0.15) is 12.0 Å². The second kappa shape index (κ2) is 6.36. The minimum atomic E-state index is -0.407. The van der Waals surface area contributed by atoms with E-state index in [1.165, 1.54) is 6.20 Å². The van der Waals surface area contributed by atoms with Gasteiger partial charge in [-0.1, -0.05) is 0 Å². The molecule has 0 aliphatic carbocycles. The Morgan fingerprint density at radius 3 is 2.81 bits per heavy atom. The first kappa shape index (κ1) is 15.7. The predicted octanol–water partition coefficient (Wildman–Crippen LogP) is 1.19. The van der Waals surface area contributed by atoms with Crippen molar-refractivity contribution in [3.63, 3.8) is 0 Å². The van der Waals surface area contributed by atoms with Crippen LogP contribution in [0.25, 0.3) is 0 Å². The first-order valence-electron chi connectivity index (χ1n) is 7.16. The number of β-amino-alcohol motifs (C(OH)–C–C–N with tert-alkyl or cyclic N) is 1. The molecule has 116 valence electrons. The summed E-state index contributed by atoms with van der Waals surface area (Å²) in [5.41, 5.74) is 0.683. The minimum absolute atomic E-state index is 0.0548. The molecule has 7 nitrogen and oxygen atoms in total. The molecule has 2 rings (SSSR count). The average Bonchev–Trinajstić information content (AvgIpc) is 2.37. The quantitative estimate of drug-likeness (QED) is 0.663. The van der Waals surface area contributed by atoms with E-state index in [9.17, 15) is 15.2 Å². The molecule has 1 aromatic rings. The third-order valence-electron chi connectivity index (χ3n) is 3.79. The Morgan fingerprint density at radius 1 is 1.57 bits per heavy atom. The van der Waals surface area contributed by atoms with Crippen LogP contribution in [0.3, 0.4) is 0 Å². The number of anilines is 1. The lowest BCUT2D eigenvalue weighted by molar-refractivity contribution is -0.385. The van der Waals surface area contributed by atoms with Crippen molar-refractivity contribution in [2.45, 2.75) is 32.9 Å². The molecule has 0 saturated carbocycles. The molecule has 1 aromatic heterocycles. The number of hydrogen-bond donors (Lipinski definition) is 1. The van der Waals surface area contributed by atoms with Crippen molar-refractivity contribution in [3.8, 4) is 0 Å². The summed E-state index contributed by atoms with van der Waals surface area (Å²) in [7, 11) is 0. The van der Waals surface area contributed by atoms with Crippen LogP contribution in [0.4, 0.5) is 11.5 Å². The third-order valence-corrected chi connectivity index (χ3v) is 3.79. The Morgan fingerprint density at radius 2 is 2.29 bits per heavy atom. The normalized spacial score (nSPS) is 21.3. The number of aromatic nitrogens is 1. The predicted molar refractivity (Wildman–Crippen MR) is 80.6 cm³/mol. The Bertz CT molecular complexity index is 521. The van der Waals surface area contributed by atoms with Crippen molar-refractivity contribution in [2.24, 2.45) is 0 Å². The Balaban J connectivity index is 2.09. The van der Waals surface area contributed by atoms with E-state index < -0.39 is 4.92 Å². The van der Waals surface area contributed by atoms with Crippen molar-refractivity contribution < 1.29 is 10.0 Å². The van der Waals surface area contributed by atoms with E-state index in [4.69, 9.17) is 0 Å². The molecule has 2 atom stereocenters. The summed E-state index contributed by atoms with van der Waals surface area (Å²) in [4.78, 5) is 19.1. The highest BCUT2D eigenvalue weighted by atomic mass is 16.6.